The van der Waals surface area contributed by atoms with E-state index in [1.54, 1.807) is 0 Å². The molecule has 0 aliphatic heterocycles. The zero-order valence-electron chi connectivity index (χ0n) is 13.3. The van der Waals surface area contributed by atoms with Gasteiger partial charge in [-0.05, 0) is 49.1 Å². The van der Waals surface area contributed by atoms with Crippen LogP contribution in [0.15, 0.2) is 0 Å². The molecule has 1 N–H and O–H groups in total. The first kappa shape index (κ1) is 21.0. The zero-order chi connectivity index (χ0) is 15.3. The van der Waals surface area contributed by atoms with Gasteiger partial charge in [0, 0.05) is 0 Å². The van der Waals surface area contributed by atoms with Gasteiger partial charge in [-0.1, -0.05) is 53.4 Å². The second-order valence-electron chi connectivity index (χ2n) is 6.95. The van der Waals surface area contributed by atoms with E-state index < -0.39 is 10.1 Å². The van der Waals surface area contributed by atoms with Crippen molar-refractivity contribution in [1.29, 1.82) is 0 Å². The van der Waals surface area contributed by atoms with Gasteiger partial charge >= 0.3 is 18.9 Å². The quantitative estimate of drug-likeness (QED) is 0.448. The van der Waals surface area contributed by atoms with Gasteiger partial charge in [-0.25, -0.2) is 0 Å². The third-order valence-corrected chi connectivity index (χ3v) is 10.0. The number of hydrogen-bond donors (Lipinski definition) is 1. The van der Waals surface area contributed by atoms with Crippen LogP contribution in [0.1, 0.15) is 77.6 Å². The first-order chi connectivity index (χ1) is 9.97. The fourth-order valence-electron chi connectivity index (χ4n) is 4.24. The molecule has 0 radical (unpaired) electrons. The molecule has 2 fully saturated rings. The van der Waals surface area contributed by atoms with E-state index >= 15 is 0 Å². The van der Waals surface area contributed by atoms with E-state index in [-0.39, 0.29) is 32.5 Å². The summed E-state index contributed by atoms with van der Waals surface area (Å²) in [6.07, 6.45) is 14.3. The first-order valence-corrected chi connectivity index (χ1v) is 11.9. The van der Waals surface area contributed by atoms with Crippen molar-refractivity contribution >= 4 is 36.9 Å². The minimum atomic E-state index is -3.80. The summed E-state index contributed by atoms with van der Waals surface area (Å²) in [5, 5.41) is 0. The van der Waals surface area contributed by atoms with Crippen molar-refractivity contribution in [3.05, 3.63) is 0 Å². The van der Waals surface area contributed by atoms with Crippen LogP contribution in [0, 0.1) is 0 Å². The average Bonchev–Trinajstić information content (AvgIpc) is 2.47. The van der Waals surface area contributed by atoms with Crippen molar-refractivity contribution in [2.45, 2.75) is 94.5 Å². The van der Waals surface area contributed by atoms with Gasteiger partial charge in [0.1, 0.15) is 0 Å². The van der Waals surface area contributed by atoms with Crippen LogP contribution in [-0.4, -0.2) is 54.6 Å². The summed E-state index contributed by atoms with van der Waals surface area (Å²) >= 11 is 0. The van der Waals surface area contributed by atoms with E-state index in [1.165, 1.54) is 64.2 Å². The fraction of sp³-hybridized carbons (Fsp3) is 1.00. The van der Waals surface area contributed by atoms with Gasteiger partial charge in [-0.15, -0.1) is 0 Å². The molecule has 2 aliphatic carbocycles. The third-order valence-electron chi connectivity index (χ3n) is 5.30. The van der Waals surface area contributed by atoms with E-state index in [0.717, 1.165) is 11.3 Å². The van der Waals surface area contributed by atoms with E-state index in [2.05, 4.69) is 6.92 Å². The average molecular weight is 342 g/mol. The number of rotatable bonds is 6. The molecule has 0 bridgehead atoms. The van der Waals surface area contributed by atoms with Crippen LogP contribution in [-0.2, 0) is 10.1 Å². The molecule has 0 saturated heterocycles. The Hall–Kier alpha value is 0.937. The molecule has 22 heavy (non-hydrogen) atoms. The second kappa shape index (κ2) is 10.0. The Morgan fingerprint density at radius 2 is 1.36 bits per heavy atom. The van der Waals surface area contributed by atoms with Crippen molar-refractivity contribution < 1.29 is 13.0 Å². The van der Waals surface area contributed by atoms with Crippen LogP contribution >= 0.6 is 7.92 Å². The maximum atomic E-state index is 11.1. The molecule has 2 rings (SSSR count). The molecule has 0 heterocycles. The molecular formula is C16H32LiO3PS. The van der Waals surface area contributed by atoms with Gasteiger partial charge in [-0.3, -0.25) is 4.55 Å². The molecule has 1 unspecified atom stereocenters. The van der Waals surface area contributed by atoms with E-state index in [1.807, 2.05) is 0 Å². The molecule has 6 heteroatoms. The molecule has 0 amide bonds. The van der Waals surface area contributed by atoms with Crippen LogP contribution in [0.3, 0.4) is 0 Å². The standard InChI is InChI=1S/C16H31O3PS.Li.H/c1-14(12-13-21(17,18)19)20(15-8-4-2-5-9-15)16-10-6-3-7-11-16;;/h14-16H,2-13H2,1H3,(H,17,18,19);;. The molecule has 0 aromatic carbocycles. The first-order valence-electron chi connectivity index (χ1n) is 8.70. The SMILES string of the molecule is CC(CCS(=O)(=O)O)P(C1CCCCC1)C1CCCCC1.[LiH]. The molecule has 0 aromatic rings. The molecule has 2 aliphatic rings. The van der Waals surface area contributed by atoms with Gasteiger partial charge in [0.05, 0.1) is 5.75 Å². The summed E-state index contributed by atoms with van der Waals surface area (Å²) in [4.78, 5) is 0. The normalized spacial score (nSPS) is 23.2. The van der Waals surface area contributed by atoms with Crippen LogP contribution in [0.5, 0.6) is 0 Å². The second-order valence-corrected chi connectivity index (χ2v) is 11.8. The summed E-state index contributed by atoms with van der Waals surface area (Å²) in [5.41, 5.74) is 2.19. The Kier molecular flexibility index (Phi) is 9.58. The predicted octanol–water partition coefficient (Wildman–Crippen LogP) is 4.15. The topological polar surface area (TPSA) is 54.4 Å². The van der Waals surface area contributed by atoms with Crippen molar-refractivity contribution in [3.8, 4) is 0 Å². The monoisotopic (exact) mass is 342 g/mol. The molecule has 0 spiro atoms. The minimum absolute atomic E-state index is 0. The summed E-state index contributed by atoms with van der Waals surface area (Å²) < 4.78 is 31.2. The van der Waals surface area contributed by atoms with Gasteiger partial charge < -0.3 is 0 Å². The molecule has 126 valence electrons. The Labute approximate surface area is 150 Å². The molecule has 1 atom stereocenters. The van der Waals surface area contributed by atoms with Crippen molar-refractivity contribution in [1.82, 2.24) is 0 Å². The predicted molar refractivity (Wildman–Crippen MR) is 98.3 cm³/mol. The number of hydrogen-bond acceptors (Lipinski definition) is 2. The summed E-state index contributed by atoms with van der Waals surface area (Å²) in [7, 11) is -3.89. The van der Waals surface area contributed by atoms with Crippen molar-refractivity contribution in [2.24, 2.45) is 0 Å². The van der Waals surface area contributed by atoms with Gasteiger partial charge in [0.25, 0.3) is 10.1 Å². The van der Waals surface area contributed by atoms with Crippen molar-refractivity contribution in [3.63, 3.8) is 0 Å². The molecule has 3 nitrogen and oxygen atoms in total. The van der Waals surface area contributed by atoms with Crippen LogP contribution < -0.4 is 0 Å². The molecule has 0 aromatic heterocycles. The van der Waals surface area contributed by atoms with Crippen LogP contribution in [0.2, 0.25) is 0 Å². The Balaban J connectivity index is 0.00000242. The van der Waals surface area contributed by atoms with E-state index in [9.17, 15) is 8.42 Å². The Morgan fingerprint density at radius 3 is 1.73 bits per heavy atom. The zero-order valence-corrected chi connectivity index (χ0v) is 15.0. The van der Waals surface area contributed by atoms with Crippen LogP contribution in [0.25, 0.3) is 0 Å². The van der Waals surface area contributed by atoms with Gasteiger partial charge in [0.2, 0.25) is 0 Å². The molecule has 2 saturated carbocycles. The van der Waals surface area contributed by atoms with Gasteiger partial charge in [0.15, 0.2) is 0 Å². The molecular weight excluding hydrogens is 310 g/mol. The van der Waals surface area contributed by atoms with Crippen LogP contribution in [0.4, 0.5) is 0 Å². The Morgan fingerprint density at radius 1 is 0.955 bits per heavy atom. The van der Waals surface area contributed by atoms with Gasteiger partial charge in [-0.2, -0.15) is 8.42 Å². The maximum absolute atomic E-state index is 11.1. The van der Waals surface area contributed by atoms with E-state index in [0.29, 0.717) is 12.1 Å². The Bertz CT molecular complexity index is 386. The third kappa shape index (κ3) is 6.82. The summed E-state index contributed by atoms with van der Waals surface area (Å²) in [6.45, 7) is 2.25. The van der Waals surface area contributed by atoms with Crippen molar-refractivity contribution in [2.75, 3.05) is 5.75 Å². The fourth-order valence-corrected chi connectivity index (χ4v) is 9.46. The van der Waals surface area contributed by atoms with E-state index in [4.69, 9.17) is 4.55 Å². The summed E-state index contributed by atoms with van der Waals surface area (Å²) in [6, 6.07) is 0. The summed E-state index contributed by atoms with van der Waals surface area (Å²) in [5.74, 6) is -0.0492.